The number of nitrogens with zero attached hydrogens (tertiary/aromatic N) is 2. The van der Waals surface area contributed by atoms with E-state index >= 15 is 0 Å². The zero-order chi connectivity index (χ0) is 18.9. The molecule has 0 atom stereocenters. The zero-order valence-electron chi connectivity index (χ0n) is 15.2. The van der Waals surface area contributed by atoms with Crippen LogP contribution in [0.5, 0.6) is 0 Å². The first-order valence-corrected chi connectivity index (χ1v) is 8.64. The summed E-state index contributed by atoms with van der Waals surface area (Å²) in [6.07, 6.45) is -0.357. The zero-order valence-corrected chi connectivity index (χ0v) is 15.2. The number of nitrogens with one attached hydrogen (secondary N) is 1. The fraction of sp³-hybridized carbons (Fsp3) is 0.421. The monoisotopic (exact) mass is 357 g/mol. The number of carbonyl (C=O) groups is 1. The lowest BCUT2D eigenvalue weighted by Crippen LogP contribution is -2.53. The van der Waals surface area contributed by atoms with Crippen LogP contribution in [0.1, 0.15) is 20.8 Å². The number of carbonyl (C=O) groups excluding carboxylic acids is 1. The summed E-state index contributed by atoms with van der Waals surface area (Å²) in [4.78, 5) is 39.7. The Labute approximate surface area is 151 Å². The van der Waals surface area contributed by atoms with Crippen molar-refractivity contribution in [2.24, 2.45) is 0 Å². The third-order valence-electron chi connectivity index (χ3n) is 4.18. The Kier molecular flexibility index (Phi) is 4.71. The van der Waals surface area contributed by atoms with Gasteiger partial charge < -0.3 is 19.9 Å². The van der Waals surface area contributed by atoms with Crippen LogP contribution < -0.4 is 21.1 Å². The molecule has 1 N–H and O–H groups in total. The van der Waals surface area contributed by atoms with Crippen LogP contribution in [-0.2, 0) is 4.74 Å². The molecular formula is C19H23N3O4. The minimum Gasteiger partial charge on any atom is -0.444 e. The smallest absolute Gasteiger partial charge is 0.410 e. The lowest BCUT2D eigenvalue weighted by atomic mass is 10.1. The molecule has 0 aliphatic carbocycles. The summed E-state index contributed by atoms with van der Waals surface area (Å²) in [5.74, 6) is 0. The van der Waals surface area contributed by atoms with E-state index in [9.17, 15) is 14.4 Å². The second-order valence-electron chi connectivity index (χ2n) is 7.33. The summed E-state index contributed by atoms with van der Waals surface area (Å²) >= 11 is 0. The fourth-order valence-electron chi connectivity index (χ4n) is 2.90. The molecule has 1 saturated heterocycles. The Hall–Kier alpha value is -2.83. The average molecular weight is 357 g/mol. The van der Waals surface area contributed by atoms with Gasteiger partial charge in [0, 0.05) is 31.9 Å². The molecule has 138 valence electrons. The highest BCUT2D eigenvalue weighted by Gasteiger charge is 2.31. The molecule has 0 aromatic heterocycles. The van der Waals surface area contributed by atoms with Gasteiger partial charge in [-0.25, -0.2) is 4.79 Å². The van der Waals surface area contributed by atoms with Crippen molar-refractivity contribution in [3.8, 4) is 0 Å². The Bertz CT molecular complexity index is 855. The first-order valence-electron chi connectivity index (χ1n) is 8.64. The van der Waals surface area contributed by atoms with Crippen molar-refractivity contribution in [1.82, 2.24) is 4.90 Å². The van der Waals surface area contributed by atoms with Gasteiger partial charge >= 0.3 is 6.09 Å². The third kappa shape index (κ3) is 3.71. The minimum atomic E-state index is -0.542. The molecule has 0 radical (unpaired) electrons. The van der Waals surface area contributed by atoms with Gasteiger partial charge in [-0.15, -0.1) is 0 Å². The van der Waals surface area contributed by atoms with Gasteiger partial charge in [0.2, 0.25) is 0 Å². The van der Waals surface area contributed by atoms with Crippen molar-refractivity contribution < 1.29 is 9.53 Å². The Morgan fingerprint density at radius 1 is 1.00 bits per heavy atom. The summed E-state index contributed by atoms with van der Waals surface area (Å²) in [6, 6.07) is 9.26. The molecule has 3 rings (SSSR count). The summed E-state index contributed by atoms with van der Waals surface area (Å²) in [5, 5.41) is 3.03. The molecule has 7 heteroatoms. The molecule has 1 aliphatic rings. The van der Waals surface area contributed by atoms with E-state index in [1.54, 1.807) is 4.90 Å². The standard InChI is InChI=1S/C19H23N3O4/c1-19(2,3)26-18(25)22-11-9-21(10-12-22)15-14(16(23)17(15)24)20-13-7-5-4-6-8-13/h4-8,20H,9-12H2,1-3H3. The van der Waals surface area contributed by atoms with Gasteiger partial charge in [-0.2, -0.15) is 0 Å². The van der Waals surface area contributed by atoms with Crippen molar-refractivity contribution in [3.05, 3.63) is 50.8 Å². The molecule has 2 aromatic carbocycles. The van der Waals surface area contributed by atoms with Gasteiger partial charge in [0.15, 0.2) is 0 Å². The molecule has 1 fully saturated rings. The topological polar surface area (TPSA) is 79.0 Å². The number of para-hydroxylation sites is 1. The summed E-state index contributed by atoms with van der Waals surface area (Å²) < 4.78 is 5.37. The van der Waals surface area contributed by atoms with Crippen molar-refractivity contribution in [2.45, 2.75) is 26.4 Å². The number of ether oxygens (including phenoxy) is 1. The van der Waals surface area contributed by atoms with Gasteiger partial charge in [0.25, 0.3) is 10.9 Å². The van der Waals surface area contributed by atoms with E-state index in [2.05, 4.69) is 5.32 Å². The molecule has 1 aliphatic heterocycles. The van der Waals surface area contributed by atoms with E-state index in [-0.39, 0.29) is 6.09 Å². The highest BCUT2D eigenvalue weighted by atomic mass is 16.6. The van der Waals surface area contributed by atoms with Gasteiger partial charge in [-0.3, -0.25) is 9.59 Å². The quantitative estimate of drug-likeness (QED) is 0.848. The van der Waals surface area contributed by atoms with Crippen LogP contribution in [0.15, 0.2) is 39.9 Å². The maximum Gasteiger partial charge on any atom is 0.410 e. The number of piperazine rings is 1. The van der Waals surface area contributed by atoms with Crippen LogP contribution in [0.2, 0.25) is 0 Å². The first-order chi connectivity index (χ1) is 12.3. The molecule has 0 unspecified atom stereocenters. The Balaban J connectivity index is 1.67. The summed E-state index contributed by atoms with van der Waals surface area (Å²) in [5.41, 5.74) is -0.0321. The number of anilines is 3. The first kappa shape index (κ1) is 18.0. The number of amides is 1. The van der Waals surface area contributed by atoms with E-state index in [1.165, 1.54) is 0 Å². The summed E-state index contributed by atoms with van der Waals surface area (Å²) in [6.45, 7) is 7.32. The Morgan fingerprint density at radius 2 is 1.62 bits per heavy atom. The van der Waals surface area contributed by atoms with Crippen molar-refractivity contribution >= 4 is 23.2 Å². The predicted molar refractivity (Wildman–Crippen MR) is 101 cm³/mol. The number of benzene rings is 1. The molecule has 7 nitrogen and oxygen atoms in total. The van der Waals surface area contributed by atoms with E-state index in [0.717, 1.165) is 5.69 Å². The SMILES string of the molecule is CC(C)(C)OC(=O)N1CCN(c2c(Nc3ccccc3)c(=O)c2=O)CC1. The van der Waals surface area contributed by atoms with Crippen molar-refractivity contribution in [1.29, 1.82) is 0 Å². The minimum absolute atomic E-state index is 0.326. The number of hydrogen-bond acceptors (Lipinski definition) is 6. The van der Waals surface area contributed by atoms with E-state index in [0.29, 0.717) is 37.6 Å². The molecule has 0 bridgehead atoms. The molecule has 2 aromatic rings. The Morgan fingerprint density at radius 3 is 2.19 bits per heavy atom. The predicted octanol–water partition coefficient (Wildman–Crippen LogP) is 2.08. The van der Waals surface area contributed by atoms with Crippen LogP contribution in [-0.4, -0.2) is 42.8 Å². The van der Waals surface area contributed by atoms with Gasteiger partial charge in [0.05, 0.1) is 0 Å². The second kappa shape index (κ2) is 6.82. The highest BCUT2D eigenvalue weighted by molar-refractivity contribution is 5.80. The van der Waals surface area contributed by atoms with Gasteiger partial charge in [0.1, 0.15) is 17.0 Å². The largest absolute Gasteiger partial charge is 0.444 e. The van der Waals surface area contributed by atoms with E-state index in [4.69, 9.17) is 4.74 Å². The lowest BCUT2D eigenvalue weighted by Gasteiger charge is -2.37. The van der Waals surface area contributed by atoms with Crippen LogP contribution >= 0.6 is 0 Å². The highest BCUT2D eigenvalue weighted by Crippen LogP contribution is 2.25. The molecule has 0 spiro atoms. The number of hydrogen-bond donors (Lipinski definition) is 1. The van der Waals surface area contributed by atoms with Crippen LogP contribution in [0.25, 0.3) is 0 Å². The molecule has 26 heavy (non-hydrogen) atoms. The molecular weight excluding hydrogens is 334 g/mol. The van der Waals surface area contributed by atoms with Crippen molar-refractivity contribution in [2.75, 3.05) is 36.4 Å². The van der Waals surface area contributed by atoms with Gasteiger partial charge in [-0.05, 0) is 32.9 Å². The van der Waals surface area contributed by atoms with Gasteiger partial charge in [-0.1, -0.05) is 18.2 Å². The van der Waals surface area contributed by atoms with Crippen LogP contribution in [0.4, 0.5) is 21.9 Å². The fourth-order valence-corrected chi connectivity index (χ4v) is 2.90. The average Bonchev–Trinajstić information content (AvgIpc) is 2.61. The maximum atomic E-state index is 12.1. The third-order valence-corrected chi connectivity index (χ3v) is 4.18. The molecule has 1 heterocycles. The molecule has 0 saturated carbocycles. The maximum absolute atomic E-state index is 12.1. The van der Waals surface area contributed by atoms with Crippen LogP contribution in [0.3, 0.4) is 0 Å². The normalized spacial score (nSPS) is 15.2. The van der Waals surface area contributed by atoms with E-state index in [1.807, 2.05) is 56.0 Å². The second-order valence-corrected chi connectivity index (χ2v) is 7.33. The lowest BCUT2D eigenvalue weighted by molar-refractivity contribution is 0.0240. The number of rotatable bonds is 3. The van der Waals surface area contributed by atoms with E-state index < -0.39 is 16.5 Å². The van der Waals surface area contributed by atoms with Crippen molar-refractivity contribution in [3.63, 3.8) is 0 Å². The van der Waals surface area contributed by atoms with Crippen LogP contribution in [0, 0.1) is 0 Å². The summed E-state index contributed by atoms with van der Waals surface area (Å²) in [7, 11) is 0. The molecule has 1 amide bonds.